The molecule has 0 radical (unpaired) electrons. The molecule has 1 amide bonds. The predicted octanol–water partition coefficient (Wildman–Crippen LogP) is 0.598. The van der Waals surface area contributed by atoms with Crippen LogP contribution in [0.5, 0.6) is 5.75 Å². The van der Waals surface area contributed by atoms with Crippen LogP contribution in [0, 0.1) is 0 Å². The van der Waals surface area contributed by atoms with E-state index >= 15 is 0 Å². The van der Waals surface area contributed by atoms with Crippen molar-refractivity contribution in [1.82, 2.24) is 10.0 Å². The van der Waals surface area contributed by atoms with E-state index in [9.17, 15) is 18.0 Å². The maximum Gasteiger partial charge on any atom is 0.303 e. The Morgan fingerprint density at radius 3 is 2.62 bits per heavy atom. The van der Waals surface area contributed by atoms with Crippen molar-refractivity contribution in [3.05, 3.63) is 29.8 Å². The molecule has 132 valence electrons. The number of aliphatic carboxylic acids is 1. The summed E-state index contributed by atoms with van der Waals surface area (Å²) in [4.78, 5) is 21.9. The lowest BCUT2D eigenvalue weighted by Gasteiger charge is -2.09. The van der Waals surface area contributed by atoms with E-state index in [0.29, 0.717) is 12.0 Å². The highest BCUT2D eigenvalue weighted by Gasteiger charge is 2.17. The normalized spacial score (nSPS) is 11.4. The molecule has 1 aromatic carbocycles. The third-order valence-corrected chi connectivity index (χ3v) is 4.48. The first kappa shape index (κ1) is 19.7. The number of carboxylic acid groups (broad SMARTS) is 1. The van der Waals surface area contributed by atoms with Crippen LogP contribution < -0.4 is 14.8 Å². The standard InChI is InChI=1S/C15H20N2O6S/c1-16-24(21,22)13-10-11(5-7-12(13)23-2)6-8-14(18)17-9-3-4-15(19)20/h5-8,10,16H,3-4,9H2,1-2H3,(H,17,18)(H,19,20)/b8-6+. The van der Waals surface area contributed by atoms with Crippen LogP contribution in [-0.2, 0) is 19.6 Å². The molecule has 9 heteroatoms. The number of carboxylic acids is 1. The predicted molar refractivity (Wildman–Crippen MR) is 88.2 cm³/mol. The molecular formula is C15H20N2O6S. The van der Waals surface area contributed by atoms with Crippen molar-refractivity contribution in [2.45, 2.75) is 17.7 Å². The molecule has 1 rings (SSSR count). The third-order valence-electron chi connectivity index (χ3n) is 3.04. The average Bonchev–Trinajstić information content (AvgIpc) is 2.56. The van der Waals surface area contributed by atoms with Crippen molar-refractivity contribution in [3.8, 4) is 5.75 Å². The van der Waals surface area contributed by atoms with Crippen molar-refractivity contribution in [2.24, 2.45) is 0 Å². The maximum absolute atomic E-state index is 12.0. The van der Waals surface area contributed by atoms with Gasteiger partial charge in [0.15, 0.2) is 0 Å². The van der Waals surface area contributed by atoms with Gasteiger partial charge in [-0.2, -0.15) is 0 Å². The van der Waals surface area contributed by atoms with Gasteiger partial charge in [-0.05, 0) is 37.2 Å². The van der Waals surface area contributed by atoms with Crippen molar-refractivity contribution >= 4 is 28.0 Å². The number of ether oxygens (including phenoxy) is 1. The molecule has 8 nitrogen and oxygen atoms in total. The number of sulfonamides is 1. The Morgan fingerprint density at radius 1 is 1.33 bits per heavy atom. The summed E-state index contributed by atoms with van der Waals surface area (Å²) >= 11 is 0. The molecule has 1 aromatic rings. The Balaban J connectivity index is 2.79. The van der Waals surface area contributed by atoms with Gasteiger partial charge < -0.3 is 15.2 Å². The summed E-state index contributed by atoms with van der Waals surface area (Å²) in [6.45, 7) is 0.247. The molecule has 3 N–H and O–H groups in total. The fourth-order valence-corrected chi connectivity index (χ4v) is 2.73. The van der Waals surface area contributed by atoms with Crippen LogP contribution >= 0.6 is 0 Å². The van der Waals surface area contributed by atoms with Gasteiger partial charge in [-0.1, -0.05) is 6.07 Å². The van der Waals surface area contributed by atoms with Crippen molar-refractivity contribution in [1.29, 1.82) is 0 Å². The quantitative estimate of drug-likeness (QED) is 0.440. The van der Waals surface area contributed by atoms with E-state index in [1.807, 2.05) is 0 Å². The molecule has 0 heterocycles. The third kappa shape index (κ3) is 6.01. The number of carbonyl (C=O) groups excluding carboxylic acids is 1. The van der Waals surface area contributed by atoms with Gasteiger partial charge in [-0.15, -0.1) is 0 Å². The van der Waals surface area contributed by atoms with Gasteiger partial charge in [0.25, 0.3) is 0 Å². The lowest BCUT2D eigenvalue weighted by Crippen LogP contribution is -2.22. The van der Waals surface area contributed by atoms with E-state index in [-0.39, 0.29) is 23.6 Å². The number of amides is 1. The Kier molecular flexibility index (Phi) is 7.40. The Morgan fingerprint density at radius 2 is 2.04 bits per heavy atom. The minimum absolute atomic E-state index is 0.0201. The molecule has 0 saturated carbocycles. The number of carbonyl (C=O) groups is 2. The summed E-state index contributed by atoms with van der Waals surface area (Å²) in [6.07, 6.45) is 3.02. The largest absolute Gasteiger partial charge is 0.495 e. The van der Waals surface area contributed by atoms with Crippen LogP contribution in [-0.4, -0.2) is 46.1 Å². The zero-order valence-electron chi connectivity index (χ0n) is 13.4. The summed E-state index contributed by atoms with van der Waals surface area (Å²) in [6, 6.07) is 4.50. The summed E-state index contributed by atoms with van der Waals surface area (Å²) < 4.78 is 31.2. The molecule has 0 aromatic heterocycles. The van der Waals surface area contributed by atoms with Gasteiger partial charge in [0.2, 0.25) is 15.9 Å². The van der Waals surface area contributed by atoms with E-state index in [1.54, 1.807) is 6.07 Å². The topological polar surface area (TPSA) is 122 Å². The Hall–Kier alpha value is -2.39. The minimum Gasteiger partial charge on any atom is -0.495 e. The van der Waals surface area contributed by atoms with Crippen LogP contribution in [0.2, 0.25) is 0 Å². The zero-order chi connectivity index (χ0) is 18.2. The summed E-state index contributed by atoms with van der Waals surface area (Å²) in [7, 11) is -1.03. The van der Waals surface area contributed by atoms with Gasteiger partial charge in [0.1, 0.15) is 10.6 Å². The molecule has 0 bridgehead atoms. The van der Waals surface area contributed by atoms with Crippen LogP contribution in [0.4, 0.5) is 0 Å². The first-order valence-corrected chi connectivity index (χ1v) is 8.57. The number of benzene rings is 1. The summed E-state index contributed by atoms with van der Waals surface area (Å²) in [5.74, 6) is -1.12. The first-order valence-electron chi connectivity index (χ1n) is 7.09. The fraction of sp³-hybridized carbons (Fsp3) is 0.333. The molecule has 0 spiro atoms. The number of rotatable bonds is 9. The van der Waals surface area contributed by atoms with E-state index < -0.39 is 21.9 Å². The molecule has 0 atom stereocenters. The molecule has 0 aliphatic heterocycles. The van der Waals surface area contributed by atoms with Gasteiger partial charge in [0.05, 0.1) is 7.11 Å². The van der Waals surface area contributed by atoms with Crippen LogP contribution in [0.25, 0.3) is 6.08 Å². The van der Waals surface area contributed by atoms with Crippen molar-refractivity contribution in [2.75, 3.05) is 20.7 Å². The maximum atomic E-state index is 12.0. The second-order valence-electron chi connectivity index (χ2n) is 4.74. The number of hydrogen-bond acceptors (Lipinski definition) is 5. The monoisotopic (exact) mass is 356 g/mol. The van der Waals surface area contributed by atoms with E-state index in [2.05, 4.69) is 10.0 Å². The first-order chi connectivity index (χ1) is 11.3. The Bertz CT molecular complexity index is 727. The van der Waals surface area contributed by atoms with Crippen molar-refractivity contribution in [3.63, 3.8) is 0 Å². The molecule has 0 aliphatic rings. The molecule has 0 fully saturated rings. The van der Waals surface area contributed by atoms with Crippen LogP contribution in [0.3, 0.4) is 0 Å². The number of nitrogens with one attached hydrogen (secondary N) is 2. The average molecular weight is 356 g/mol. The summed E-state index contributed by atoms with van der Waals surface area (Å²) in [5, 5.41) is 11.0. The highest BCUT2D eigenvalue weighted by Crippen LogP contribution is 2.25. The SMILES string of the molecule is CNS(=O)(=O)c1cc(/C=C/C(=O)NCCCC(=O)O)ccc1OC. The smallest absolute Gasteiger partial charge is 0.303 e. The van der Waals surface area contributed by atoms with Gasteiger partial charge in [-0.3, -0.25) is 9.59 Å². The highest BCUT2D eigenvalue weighted by molar-refractivity contribution is 7.89. The molecule has 24 heavy (non-hydrogen) atoms. The summed E-state index contributed by atoms with van der Waals surface area (Å²) in [5.41, 5.74) is 0.505. The van der Waals surface area contributed by atoms with Gasteiger partial charge in [0, 0.05) is 19.0 Å². The number of methoxy groups -OCH3 is 1. The second-order valence-corrected chi connectivity index (χ2v) is 6.59. The molecular weight excluding hydrogens is 336 g/mol. The fourth-order valence-electron chi connectivity index (χ4n) is 1.80. The van der Waals surface area contributed by atoms with Gasteiger partial charge >= 0.3 is 5.97 Å². The van der Waals surface area contributed by atoms with E-state index in [1.165, 1.54) is 38.4 Å². The lowest BCUT2D eigenvalue weighted by atomic mass is 10.2. The number of hydrogen-bond donors (Lipinski definition) is 3. The van der Waals surface area contributed by atoms with E-state index in [4.69, 9.17) is 9.84 Å². The second kappa shape index (κ2) is 9.04. The van der Waals surface area contributed by atoms with Crippen molar-refractivity contribution < 1.29 is 27.9 Å². The molecule has 0 saturated heterocycles. The van der Waals surface area contributed by atoms with Crippen LogP contribution in [0.15, 0.2) is 29.2 Å². The van der Waals surface area contributed by atoms with Gasteiger partial charge in [-0.25, -0.2) is 13.1 Å². The zero-order valence-corrected chi connectivity index (χ0v) is 14.2. The molecule has 0 unspecified atom stereocenters. The van der Waals surface area contributed by atoms with E-state index in [0.717, 1.165) is 0 Å². The lowest BCUT2D eigenvalue weighted by molar-refractivity contribution is -0.137. The Labute approximate surface area is 140 Å². The highest BCUT2D eigenvalue weighted by atomic mass is 32.2. The van der Waals surface area contributed by atoms with Crippen LogP contribution in [0.1, 0.15) is 18.4 Å². The molecule has 0 aliphatic carbocycles. The minimum atomic E-state index is -3.69.